The fourth-order valence-electron chi connectivity index (χ4n) is 1.90. The third-order valence-corrected chi connectivity index (χ3v) is 2.59. The van der Waals surface area contributed by atoms with Gasteiger partial charge >= 0.3 is 0 Å². The molecule has 0 aliphatic carbocycles. The van der Waals surface area contributed by atoms with E-state index in [4.69, 9.17) is 5.73 Å². The molecule has 0 atom stereocenters. The zero-order valence-corrected chi connectivity index (χ0v) is 9.51. The number of nitrogens with zero attached hydrogens (tertiary/aromatic N) is 2. The van der Waals surface area contributed by atoms with Crippen LogP contribution in [-0.4, -0.2) is 16.1 Å². The first kappa shape index (κ1) is 11.2. The van der Waals surface area contributed by atoms with Gasteiger partial charge < -0.3 is 10.3 Å². The van der Waals surface area contributed by atoms with Gasteiger partial charge in [-0.1, -0.05) is 13.8 Å². The lowest BCUT2D eigenvalue weighted by atomic mass is 10.2. The molecule has 0 amide bonds. The van der Waals surface area contributed by atoms with Crippen molar-refractivity contribution in [1.29, 1.82) is 0 Å². The molecule has 1 aromatic rings. The summed E-state index contributed by atoms with van der Waals surface area (Å²) in [5.74, 6) is 1.20. The molecule has 3 heteroatoms. The fourth-order valence-corrected chi connectivity index (χ4v) is 1.90. The molecule has 0 radical (unpaired) electrons. The molecule has 1 aromatic heterocycles. The Balaban J connectivity index is 2.95. The Bertz CT molecular complexity index is 289. The average molecular weight is 195 g/mol. The molecule has 14 heavy (non-hydrogen) atoms. The van der Waals surface area contributed by atoms with Crippen LogP contribution in [0.25, 0.3) is 0 Å². The molecule has 0 aliphatic rings. The Kier molecular flexibility index (Phi) is 4.14. The van der Waals surface area contributed by atoms with Gasteiger partial charge in [0.05, 0.1) is 5.69 Å². The number of aromatic nitrogens is 2. The van der Waals surface area contributed by atoms with Gasteiger partial charge in [0.25, 0.3) is 0 Å². The summed E-state index contributed by atoms with van der Waals surface area (Å²) < 4.78 is 2.34. The third-order valence-electron chi connectivity index (χ3n) is 2.59. The number of imidazole rings is 1. The van der Waals surface area contributed by atoms with Crippen LogP contribution in [0.3, 0.4) is 0 Å². The van der Waals surface area contributed by atoms with E-state index in [2.05, 4.69) is 30.3 Å². The van der Waals surface area contributed by atoms with Crippen LogP contribution in [0, 0.1) is 6.92 Å². The smallest absolute Gasteiger partial charge is 0.108 e. The highest BCUT2D eigenvalue weighted by Gasteiger charge is 2.10. The molecule has 2 N–H and O–H groups in total. The predicted octanol–water partition coefficient (Wildman–Crippen LogP) is 1.67. The summed E-state index contributed by atoms with van der Waals surface area (Å²) in [6.07, 6.45) is 3.10. The van der Waals surface area contributed by atoms with Crippen molar-refractivity contribution in [2.24, 2.45) is 5.73 Å². The number of nitrogens with two attached hydrogens (primary N) is 1. The van der Waals surface area contributed by atoms with E-state index in [1.165, 1.54) is 17.2 Å². The maximum Gasteiger partial charge on any atom is 0.108 e. The quantitative estimate of drug-likeness (QED) is 0.776. The van der Waals surface area contributed by atoms with E-state index in [0.29, 0.717) is 0 Å². The van der Waals surface area contributed by atoms with Gasteiger partial charge in [-0.2, -0.15) is 0 Å². The molecule has 0 aliphatic heterocycles. The van der Waals surface area contributed by atoms with Crippen molar-refractivity contribution in [3.63, 3.8) is 0 Å². The average Bonchev–Trinajstić information content (AvgIpc) is 2.50. The van der Waals surface area contributed by atoms with E-state index < -0.39 is 0 Å². The van der Waals surface area contributed by atoms with Crippen LogP contribution in [0.5, 0.6) is 0 Å². The first-order valence-corrected chi connectivity index (χ1v) is 5.49. The second-order valence-electron chi connectivity index (χ2n) is 3.56. The molecule has 0 aromatic carbocycles. The van der Waals surface area contributed by atoms with Gasteiger partial charge in [0.2, 0.25) is 0 Å². The standard InChI is InChI=1S/C11H21N3/c1-4-10-9(3)13-11(5-2)14(10)8-6-7-12/h4-8,12H2,1-3H3. The molecule has 1 rings (SSSR count). The monoisotopic (exact) mass is 195 g/mol. The summed E-state index contributed by atoms with van der Waals surface area (Å²) in [4.78, 5) is 4.57. The van der Waals surface area contributed by atoms with Crippen molar-refractivity contribution in [3.05, 3.63) is 17.2 Å². The van der Waals surface area contributed by atoms with Crippen LogP contribution < -0.4 is 5.73 Å². The molecule has 0 unspecified atom stereocenters. The van der Waals surface area contributed by atoms with Gasteiger partial charge in [-0.25, -0.2) is 4.98 Å². The van der Waals surface area contributed by atoms with Crippen LogP contribution in [-0.2, 0) is 19.4 Å². The Labute approximate surface area is 86.3 Å². The van der Waals surface area contributed by atoms with Crippen LogP contribution in [0.2, 0.25) is 0 Å². The van der Waals surface area contributed by atoms with Crippen molar-refractivity contribution in [2.75, 3.05) is 6.54 Å². The third kappa shape index (κ3) is 2.15. The summed E-state index contributed by atoms with van der Waals surface area (Å²) in [7, 11) is 0. The summed E-state index contributed by atoms with van der Waals surface area (Å²) in [6.45, 7) is 8.20. The van der Waals surface area contributed by atoms with Gasteiger partial charge in [0.15, 0.2) is 0 Å². The Morgan fingerprint density at radius 2 is 2.00 bits per heavy atom. The highest BCUT2D eigenvalue weighted by atomic mass is 15.1. The van der Waals surface area contributed by atoms with Crippen molar-refractivity contribution in [2.45, 2.75) is 46.6 Å². The van der Waals surface area contributed by atoms with Gasteiger partial charge in [-0.3, -0.25) is 0 Å². The second kappa shape index (κ2) is 5.15. The van der Waals surface area contributed by atoms with Crippen molar-refractivity contribution >= 4 is 0 Å². The Morgan fingerprint density at radius 1 is 1.29 bits per heavy atom. The zero-order valence-electron chi connectivity index (χ0n) is 9.51. The summed E-state index contributed by atoms with van der Waals surface area (Å²) >= 11 is 0. The fraction of sp³-hybridized carbons (Fsp3) is 0.727. The second-order valence-corrected chi connectivity index (χ2v) is 3.56. The van der Waals surface area contributed by atoms with Gasteiger partial charge in [0, 0.05) is 18.7 Å². The Hall–Kier alpha value is -0.830. The highest BCUT2D eigenvalue weighted by molar-refractivity contribution is 5.16. The van der Waals surface area contributed by atoms with E-state index in [1.807, 2.05) is 0 Å². The van der Waals surface area contributed by atoms with E-state index in [1.54, 1.807) is 0 Å². The number of rotatable bonds is 5. The predicted molar refractivity (Wildman–Crippen MR) is 59.4 cm³/mol. The molecule has 0 fully saturated rings. The van der Waals surface area contributed by atoms with Gasteiger partial charge in [-0.05, 0) is 26.3 Å². The molecule has 0 bridgehead atoms. The minimum Gasteiger partial charge on any atom is -0.332 e. The Morgan fingerprint density at radius 3 is 2.50 bits per heavy atom. The largest absolute Gasteiger partial charge is 0.332 e. The summed E-state index contributed by atoms with van der Waals surface area (Å²) in [6, 6.07) is 0. The van der Waals surface area contributed by atoms with Crippen LogP contribution in [0.4, 0.5) is 0 Å². The molecule has 3 nitrogen and oxygen atoms in total. The van der Waals surface area contributed by atoms with Gasteiger partial charge in [0.1, 0.15) is 5.82 Å². The maximum atomic E-state index is 5.53. The normalized spacial score (nSPS) is 10.9. The van der Waals surface area contributed by atoms with Crippen molar-refractivity contribution in [1.82, 2.24) is 9.55 Å². The maximum absolute atomic E-state index is 5.53. The van der Waals surface area contributed by atoms with E-state index in [9.17, 15) is 0 Å². The minimum absolute atomic E-state index is 0.754. The molecule has 1 heterocycles. The molecule has 0 saturated carbocycles. The van der Waals surface area contributed by atoms with E-state index in [0.717, 1.165) is 32.4 Å². The number of hydrogen-bond acceptors (Lipinski definition) is 2. The zero-order chi connectivity index (χ0) is 10.6. The first-order valence-electron chi connectivity index (χ1n) is 5.49. The molecule has 80 valence electrons. The lowest BCUT2D eigenvalue weighted by Crippen LogP contribution is -2.10. The van der Waals surface area contributed by atoms with Crippen molar-refractivity contribution < 1.29 is 0 Å². The van der Waals surface area contributed by atoms with E-state index >= 15 is 0 Å². The number of hydrogen-bond donors (Lipinski definition) is 1. The lowest BCUT2D eigenvalue weighted by Gasteiger charge is -2.09. The molecule has 0 spiro atoms. The van der Waals surface area contributed by atoms with E-state index in [-0.39, 0.29) is 0 Å². The first-order chi connectivity index (χ1) is 6.74. The SMILES string of the molecule is CCc1nc(C)c(CC)n1CCCN. The molecular weight excluding hydrogens is 174 g/mol. The number of aryl methyl sites for hydroxylation is 2. The summed E-state index contributed by atoms with van der Waals surface area (Å²) in [5, 5.41) is 0. The van der Waals surface area contributed by atoms with Crippen LogP contribution in [0.15, 0.2) is 0 Å². The lowest BCUT2D eigenvalue weighted by molar-refractivity contribution is 0.599. The van der Waals surface area contributed by atoms with Gasteiger partial charge in [-0.15, -0.1) is 0 Å². The highest BCUT2D eigenvalue weighted by Crippen LogP contribution is 2.13. The van der Waals surface area contributed by atoms with Crippen LogP contribution >= 0.6 is 0 Å². The van der Waals surface area contributed by atoms with Crippen LogP contribution in [0.1, 0.15) is 37.5 Å². The van der Waals surface area contributed by atoms with Crippen molar-refractivity contribution in [3.8, 4) is 0 Å². The topological polar surface area (TPSA) is 43.8 Å². The molecular formula is C11H21N3. The molecule has 0 saturated heterocycles. The summed E-state index contributed by atoms with van der Waals surface area (Å²) in [5.41, 5.74) is 8.08. The minimum atomic E-state index is 0.754.